The number of benzene rings is 1. The van der Waals surface area contributed by atoms with Crippen LogP contribution in [0.1, 0.15) is 30.9 Å². The molecule has 4 rings (SSSR count). The fraction of sp³-hybridized carbons (Fsp3) is 0.389. The van der Waals surface area contributed by atoms with Gasteiger partial charge in [-0.05, 0) is 31.9 Å². The first-order valence-corrected chi connectivity index (χ1v) is 7.94. The molecule has 113 valence electrons. The maximum Gasteiger partial charge on any atom is 0.138 e. The van der Waals surface area contributed by atoms with Gasteiger partial charge in [-0.2, -0.15) is 0 Å². The van der Waals surface area contributed by atoms with Crippen LogP contribution in [0, 0.1) is 12.8 Å². The van der Waals surface area contributed by atoms with Crippen molar-refractivity contribution in [2.45, 2.75) is 31.3 Å². The van der Waals surface area contributed by atoms with E-state index in [0.29, 0.717) is 12.2 Å². The van der Waals surface area contributed by atoms with Crippen LogP contribution in [0.2, 0.25) is 0 Å². The first kappa shape index (κ1) is 13.7. The summed E-state index contributed by atoms with van der Waals surface area (Å²) >= 11 is 0. The Kier molecular flexibility index (Phi) is 3.34. The Morgan fingerprint density at radius 2 is 2.27 bits per heavy atom. The fourth-order valence-corrected chi connectivity index (χ4v) is 3.80. The molecule has 1 radical (unpaired) electrons. The average Bonchev–Trinajstić information content (AvgIpc) is 3.10. The van der Waals surface area contributed by atoms with Crippen molar-refractivity contribution >= 4 is 5.78 Å². The summed E-state index contributed by atoms with van der Waals surface area (Å²) in [5, 5.41) is 3.31. The molecule has 2 aromatic rings. The van der Waals surface area contributed by atoms with E-state index in [0.717, 1.165) is 25.1 Å². The summed E-state index contributed by atoms with van der Waals surface area (Å²) in [5.41, 5.74) is 3.57. The number of imidazole rings is 1. The Bertz CT molecular complexity index is 706. The van der Waals surface area contributed by atoms with Gasteiger partial charge in [-0.3, -0.25) is 4.79 Å². The molecular weight excluding hydrogens is 274 g/mol. The van der Waals surface area contributed by atoms with Crippen LogP contribution >= 0.6 is 0 Å². The maximum absolute atomic E-state index is 12.8. The second-order valence-electron chi connectivity index (χ2n) is 6.33. The molecule has 2 aliphatic heterocycles. The number of aromatic nitrogens is 2. The van der Waals surface area contributed by atoms with Gasteiger partial charge in [0.15, 0.2) is 0 Å². The summed E-state index contributed by atoms with van der Waals surface area (Å²) in [4.78, 5) is 17.0. The third-order valence-electron chi connectivity index (χ3n) is 4.94. The van der Waals surface area contributed by atoms with Gasteiger partial charge in [0.1, 0.15) is 5.78 Å². The van der Waals surface area contributed by atoms with Gasteiger partial charge in [-0.15, -0.1) is 0 Å². The lowest BCUT2D eigenvalue weighted by Gasteiger charge is -2.28. The highest BCUT2D eigenvalue weighted by atomic mass is 16.1. The third-order valence-corrected chi connectivity index (χ3v) is 4.94. The van der Waals surface area contributed by atoms with E-state index in [1.54, 1.807) is 0 Å². The smallest absolute Gasteiger partial charge is 0.138 e. The molecule has 0 amide bonds. The number of piperidine rings is 1. The molecule has 3 unspecified atom stereocenters. The topological polar surface area (TPSA) is 46.9 Å². The average molecular weight is 294 g/mol. The van der Waals surface area contributed by atoms with Gasteiger partial charge in [-0.25, -0.2) is 4.98 Å². The zero-order chi connectivity index (χ0) is 15.1. The second-order valence-corrected chi connectivity index (χ2v) is 6.33. The fourth-order valence-electron chi connectivity index (χ4n) is 3.80. The predicted molar refractivity (Wildman–Crippen MR) is 85.3 cm³/mol. The lowest BCUT2D eigenvalue weighted by molar-refractivity contribution is -0.124. The molecule has 3 heterocycles. The standard InChI is InChI=1S/C18H20N3O/c1-12-8-13(6-7-20-12)18(22)9-16-14-4-2-3-5-15(14)17-10-19-11-21(16)17/h2-5,10-13,16,20H,1,6-9H2. The van der Waals surface area contributed by atoms with Crippen LogP contribution in [0.15, 0.2) is 36.8 Å². The lowest BCUT2D eigenvalue weighted by Crippen LogP contribution is -2.39. The summed E-state index contributed by atoms with van der Waals surface area (Å²) in [7, 11) is 0. The van der Waals surface area contributed by atoms with Crippen molar-refractivity contribution < 1.29 is 4.79 Å². The number of hydrogen-bond acceptors (Lipinski definition) is 3. The van der Waals surface area contributed by atoms with Crippen LogP contribution in [0.25, 0.3) is 11.3 Å². The normalized spacial score (nSPS) is 26.5. The molecule has 22 heavy (non-hydrogen) atoms. The first-order chi connectivity index (χ1) is 10.7. The molecule has 0 saturated carbocycles. The quantitative estimate of drug-likeness (QED) is 0.946. The third kappa shape index (κ3) is 2.18. The molecule has 0 bridgehead atoms. The Morgan fingerprint density at radius 1 is 1.41 bits per heavy atom. The number of fused-ring (bicyclic) bond motifs is 3. The van der Waals surface area contributed by atoms with Gasteiger partial charge in [-0.1, -0.05) is 24.3 Å². The zero-order valence-corrected chi connectivity index (χ0v) is 12.5. The van der Waals surface area contributed by atoms with Crippen LogP contribution < -0.4 is 5.32 Å². The molecule has 4 heteroatoms. The Hall–Kier alpha value is -1.94. The maximum atomic E-state index is 12.8. The monoisotopic (exact) mass is 294 g/mol. The van der Waals surface area contributed by atoms with Crippen LogP contribution in [0.5, 0.6) is 0 Å². The Morgan fingerprint density at radius 3 is 3.14 bits per heavy atom. The van der Waals surface area contributed by atoms with E-state index in [4.69, 9.17) is 0 Å². The molecule has 4 nitrogen and oxygen atoms in total. The summed E-state index contributed by atoms with van der Waals surface area (Å²) in [6.45, 7) is 4.94. The van der Waals surface area contributed by atoms with Gasteiger partial charge < -0.3 is 9.88 Å². The van der Waals surface area contributed by atoms with E-state index in [2.05, 4.69) is 33.9 Å². The molecule has 1 aromatic heterocycles. The number of ketones is 1. The van der Waals surface area contributed by atoms with Crippen LogP contribution in [0.3, 0.4) is 0 Å². The summed E-state index contributed by atoms with van der Waals surface area (Å²) in [5.74, 6) is 0.500. The first-order valence-electron chi connectivity index (χ1n) is 7.94. The minimum atomic E-state index is 0.0966. The minimum absolute atomic E-state index is 0.0966. The highest BCUT2D eigenvalue weighted by Gasteiger charge is 2.32. The second kappa shape index (κ2) is 5.36. The van der Waals surface area contributed by atoms with E-state index >= 15 is 0 Å². The van der Waals surface area contributed by atoms with Gasteiger partial charge in [0.05, 0.1) is 24.3 Å². The van der Waals surface area contributed by atoms with Crippen LogP contribution in [-0.4, -0.2) is 27.9 Å². The van der Waals surface area contributed by atoms with Crippen molar-refractivity contribution in [3.05, 3.63) is 49.3 Å². The van der Waals surface area contributed by atoms with E-state index in [-0.39, 0.29) is 18.0 Å². The minimum Gasteiger partial charge on any atom is -0.323 e. The molecule has 1 saturated heterocycles. The number of carbonyl (C=O) groups excluding carboxylic acids is 1. The number of carbonyl (C=O) groups is 1. The summed E-state index contributed by atoms with van der Waals surface area (Å²) in [6.07, 6.45) is 6.07. The number of nitrogens with one attached hydrogen (secondary N) is 1. The van der Waals surface area contributed by atoms with Gasteiger partial charge in [0.2, 0.25) is 0 Å². The highest BCUT2D eigenvalue weighted by molar-refractivity contribution is 5.83. The summed E-state index contributed by atoms with van der Waals surface area (Å²) < 4.78 is 2.14. The largest absolute Gasteiger partial charge is 0.323 e. The Balaban J connectivity index is 1.59. The van der Waals surface area contributed by atoms with Gasteiger partial charge in [0.25, 0.3) is 0 Å². The van der Waals surface area contributed by atoms with Crippen molar-refractivity contribution in [2.24, 2.45) is 5.92 Å². The number of hydrogen-bond donors (Lipinski definition) is 1. The Labute approximate surface area is 130 Å². The SMILES string of the molecule is [CH2]C1CC(C(=O)CC2c3ccccc3-c3cncn32)CCN1. The molecule has 1 N–H and O–H groups in total. The van der Waals surface area contributed by atoms with Crippen LogP contribution in [-0.2, 0) is 4.79 Å². The van der Waals surface area contributed by atoms with E-state index in [9.17, 15) is 4.79 Å². The molecule has 0 aliphatic carbocycles. The van der Waals surface area contributed by atoms with E-state index in [1.165, 1.54) is 11.1 Å². The van der Waals surface area contributed by atoms with Crippen molar-refractivity contribution in [1.82, 2.24) is 14.9 Å². The number of Topliss-reactive ketones (excluding diaryl/α,β-unsaturated/α-hetero) is 1. The molecular formula is C18H20N3O. The van der Waals surface area contributed by atoms with Crippen molar-refractivity contribution in [2.75, 3.05) is 6.54 Å². The van der Waals surface area contributed by atoms with Gasteiger partial charge in [0, 0.05) is 23.9 Å². The highest BCUT2D eigenvalue weighted by Crippen LogP contribution is 2.41. The van der Waals surface area contributed by atoms with Gasteiger partial charge >= 0.3 is 0 Å². The van der Waals surface area contributed by atoms with E-state index < -0.39 is 0 Å². The number of rotatable bonds is 3. The predicted octanol–water partition coefficient (Wildman–Crippen LogP) is 2.61. The molecule has 1 aromatic carbocycles. The number of nitrogens with zero attached hydrogens (tertiary/aromatic N) is 2. The van der Waals surface area contributed by atoms with Crippen molar-refractivity contribution in [3.63, 3.8) is 0 Å². The zero-order valence-electron chi connectivity index (χ0n) is 12.5. The lowest BCUT2D eigenvalue weighted by atomic mass is 9.86. The molecule has 1 fully saturated rings. The van der Waals surface area contributed by atoms with Crippen molar-refractivity contribution in [1.29, 1.82) is 0 Å². The van der Waals surface area contributed by atoms with Crippen molar-refractivity contribution in [3.8, 4) is 11.3 Å². The molecule has 2 aliphatic rings. The molecule has 3 atom stereocenters. The van der Waals surface area contributed by atoms with E-state index in [1.807, 2.05) is 24.7 Å². The van der Waals surface area contributed by atoms with Crippen LogP contribution in [0.4, 0.5) is 0 Å². The summed E-state index contributed by atoms with van der Waals surface area (Å²) in [6, 6.07) is 8.63. The molecule has 0 spiro atoms.